The molecule has 3 heterocycles. The number of nitrogens with one attached hydrogen (secondary N) is 1. The van der Waals surface area contributed by atoms with Crippen LogP contribution in [0.1, 0.15) is 17.1 Å². The maximum Gasteiger partial charge on any atom is 0.149 e. The average Bonchev–Trinajstić information content (AvgIpc) is 3.19. The van der Waals surface area contributed by atoms with Crippen molar-refractivity contribution < 1.29 is 4.39 Å². The number of hydrogen-bond acceptors (Lipinski definition) is 5. The molecule has 0 saturated carbocycles. The standard InChI is InChI=1S/C25H17FN8/c1-14-33-24-19(25(29)32-13-28)10-16(15-5-7-30-17(9-15)12-27)11-22(24)34(14)21-6-8-31-23-18(21)3-2-4-20(23)26/h2-11,13H,1H3,(H3,28,29,32). The lowest BCUT2D eigenvalue weighted by Crippen LogP contribution is -2.14. The van der Waals surface area contributed by atoms with Gasteiger partial charge in [0.05, 0.1) is 11.2 Å². The van der Waals surface area contributed by atoms with Crippen LogP contribution in [0.4, 0.5) is 4.39 Å². The Morgan fingerprint density at radius 1 is 1.12 bits per heavy atom. The number of nitriles is 1. The van der Waals surface area contributed by atoms with Crippen LogP contribution in [0.5, 0.6) is 0 Å². The predicted molar refractivity (Wildman–Crippen MR) is 129 cm³/mol. The highest BCUT2D eigenvalue weighted by Gasteiger charge is 2.19. The minimum Gasteiger partial charge on any atom is -0.383 e. The van der Waals surface area contributed by atoms with Gasteiger partial charge in [0.15, 0.2) is 0 Å². The lowest BCUT2D eigenvalue weighted by atomic mass is 10.0. The summed E-state index contributed by atoms with van der Waals surface area (Å²) in [6.45, 7) is 1.85. The zero-order chi connectivity index (χ0) is 23.8. The number of para-hydroxylation sites is 1. The van der Waals surface area contributed by atoms with Gasteiger partial charge in [0.25, 0.3) is 0 Å². The topological polar surface area (TPSA) is 130 Å². The molecular weight excluding hydrogens is 431 g/mol. The number of fused-ring (bicyclic) bond motifs is 2. The van der Waals surface area contributed by atoms with Crippen LogP contribution in [0.2, 0.25) is 0 Å². The highest BCUT2D eigenvalue weighted by atomic mass is 19.1. The Morgan fingerprint density at radius 2 is 1.94 bits per heavy atom. The molecule has 0 aliphatic heterocycles. The molecule has 8 nitrogen and oxygen atoms in total. The summed E-state index contributed by atoms with van der Waals surface area (Å²) >= 11 is 0. The summed E-state index contributed by atoms with van der Waals surface area (Å²) in [5, 5.41) is 17.3. The Balaban J connectivity index is 1.88. The fraction of sp³-hybridized carbons (Fsp3) is 0.0400. The minimum atomic E-state index is -0.411. The van der Waals surface area contributed by atoms with E-state index in [-0.39, 0.29) is 17.0 Å². The molecule has 0 fully saturated rings. The van der Waals surface area contributed by atoms with Crippen LogP contribution in [0.15, 0.2) is 65.9 Å². The van der Waals surface area contributed by atoms with Crippen molar-refractivity contribution in [3.63, 3.8) is 0 Å². The van der Waals surface area contributed by atoms with E-state index in [1.165, 1.54) is 6.07 Å². The van der Waals surface area contributed by atoms with Crippen molar-refractivity contribution in [1.82, 2.24) is 19.5 Å². The molecule has 3 aromatic heterocycles. The monoisotopic (exact) mass is 448 g/mol. The molecule has 164 valence electrons. The van der Waals surface area contributed by atoms with E-state index in [1.54, 1.807) is 36.7 Å². The summed E-state index contributed by atoms with van der Waals surface area (Å²) in [7, 11) is 0. The molecule has 34 heavy (non-hydrogen) atoms. The first-order chi connectivity index (χ1) is 16.5. The van der Waals surface area contributed by atoms with E-state index >= 15 is 0 Å². The second kappa shape index (κ2) is 8.18. The third kappa shape index (κ3) is 3.34. The first kappa shape index (κ1) is 20.9. The van der Waals surface area contributed by atoms with Crippen LogP contribution in [-0.2, 0) is 0 Å². The van der Waals surface area contributed by atoms with Gasteiger partial charge >= 0.3 is 0 Å². The molecular formula is C25H17FN8. The maximum absolute atomic E-state index is 14.5. The summed E-state index contributed by atoms with van der Waals surface area (Å²) in [6, 6.07) is 15.9. The Bertz CT molecular complexity index is 1680. The number of aromatic nitrogens is 4. The molecule has 0 bridgehead atoms. The van der Waals surface area contributed by atoms with Gasteiger partial charge in [-0.2, -0.15) is 5.26 Å². The molecule has 0 spiro atoms. The van der Waals surface area contributed by atoms with Crippen LogP contribution in [0.3, 0.4) is 0 Å². The van der Waals surface area contributed by atoms with E-state index < -0.39 is 5.82 Å². The third-order valence-electron chi connectivity index (χ3n) is 5.56. The largest absolute Gasteiger partial charge is 0.383 e. The SMILES string of the molecule is Cc1nc2c(C(N)=NC=N)cc(-c3ccnc(C#N)c3)cc2n1-c1ccnc2c(F)cccc12. The van der Waals surface area contributed by atoms with E-state index in [0.29, 0.717) is 33.5 Å². The van der Waals surface area contributed by atoms with E-state index in [0.717, 1.165) is 17.5 Å². The van der Waals surface area contributed by atoms with Gasteiger partial charge in [0.2, 0.25) is 0 Å². The molecule has 5 rings (SSSR count). The van der Waals surface area contributed by atoms with Gasteiger partial charge in [0.1, 0.15) is 46.6 Å². The number of nitrogens with zero attached hydrogens (tertiary/aromatic N) is 6. The highest BCUT2D eigenvalue weighted by Crippen LogP contribution is 2.32. The number of halogens is 1. The maximum atomic E-state index is 14.5. The second-order valence-corrected chi connectivity index (χ2v) is 7.54. The van der Waals surface area contributed by atoms with Crippen LogP contribution >= 0.6 is 0 Å². The van der Waals surface area contributed by atoms with Crippen LogP contribution in [0, 0.1) is 29.5 Å². The summed E-state index contributed by atoms with van der Waals surface area (Å²) in [6.07, 6.45) is 4.00. The Morgan fingerprint density at radius 3 is 2.74 bits per heavy atom. The zero-order valence-electron chi connectivity index (χ0n) is 18.0. The van der Waals surface area contributed by atoms with Gasteiger partial charge in [-0.3, -0.25) is 15.0 Å². The Labute approximate surface area is 193 Å². The number of imidazole rings is 1. The van der Waals surface area contributed by atoms with Gasteiger partial charge in [-0.1, -0.05) is 12.1 Å². The normalized spacial score (nSPS) is 11.6. The van der Waals surface area contributed by atoms with Crippen molar-refractivity contribution in [3.05, 3.63) is 83.8 Å². The van der Waals surface area contributed by atoms with Gasteiger partial charge in [0, 0.05) is 23.3 Å². The molecule has 0 aliphatic carbocycles. The number of amidine groups is 1. The zero-order valence-corrected chi connectivity index (χ0v) is 18.0. The molecule has 0 amide bonds. The van der Waals surface area contributed by atoms with Crippen molar-refractivity contribution in [1.29, 1.82) is 10.7 Å². The Kier molecular flexibility index (Phi) is 5.03. The fourth-order valence-electron chi connectivity index (χ4n) is 4.09. The highest BCUT2D eigenvalue weighted by molar-refractivity contribution is 6.11. The lowest BCUT2D eigenvalue weighted by molar-refractivity contribution is 0.636. The van der Waals surface area contributed by atoms with Crippen molar-refractivity contribution >= 4 is 34.1 Å². The molecule has 5 aromatic rings. The quantitative estimate of drug-likeness (QED) is 0.313. The van der Waals surface area contributed by atoms with E-state index in [2.05, 4.69) is 15.0 Å². The molecule has 0 saturated heterocycles. The molecule has 0 atom stereocenters. The van der Waals surface area contributed by atoms with Crippen molar-refractivity contribution in [2.45, 2.75) is 6.92 Å². The fourth-order valence-corrected chi connectivity index (χ4v) is 4.09. The number of benzene rings is 2. The Hall–Kier alpha value is -4.97. The number of hydrogen-bond donors (Lipinski definition) is 2. The smallest absolute Gasteiger partial charge is 0.149 e. The molecule has 0 unspecified atom stereocenters. The lowest BCUT2D eigenvalue weighted by Gasteiger charge is -2.12. The molecule has 0 aliphatic rings. The van der Waals surface area contributed by atoms with Crippen LogP contribution < -0.4 is 5.73 Å². The number of rotatable bonds is 4. The van der Waals surface area contributed by atoms with Crippen LogP contribution in [0.25, 0.3) is 38.8 Å². The van der Waals surface area contributed by atoms with E-state index in [9.17, 15) is 9.65 Å². The number of aliphatic imine (C=N–C) groups is 1. The van der Waals surface area contributed by atoms with Crippen molar-refractivity contribution in [2.75, 3.05) is 0 Å². The minimum absolute atomic E-state index is 0.131. The van der Waals surface area contributed by atoms with Gasteiger partial charge in [-0.05, 0) is 54.4 Å². The van der Waals surface area contributed by atoms with Crippen LogP contribution in [-0.4, -0.2) is 31.7 Å². The van der Waals surface area contributed by atoms with Gasteiger partial charge in [-0.25, -0.2) is 19.4 Å². The van der Waals surface area contributed by atoms with E-state index in [1.807, 2.05) is 35.8 Å². The van der Waals surface area contributed by atoms with Gasteiger partial charge < -0.3 is 5.73 Å². The number of aryl methyl sites for hydroxylation is 1. The van der Waals surface area contributed by atoms with Crippen molar-refractivity contribution in [2.24, 2.45) is 10.7 Å². The predicted octanol–water partition coefficient (Wildman–Crippen LogP) is 4.27. The summed E-state index contributed by atoms with van der Waals surface area (Å²) in [4.78, 5) is 16.9. The third-order valence-corrected chi connectivity index (χ3v) is 5.56. The summed E-state index contributed by atoms with van der Waals surface area (Å²) < 4.78 is 16.4. The molecule has 3 N–H and O–H groups in total. The summed E-state index contributed by atoms with van der Waals surface area (Å²) in [5.74, 6) is 0.373. The molecule has 2 aromatic carbocycles. The number of nitrogens with two attached hydrogens (primary N) is 1. The summed E-state index contributed by atoms with van der Waals surface area (Å²) in [5.41, 5.74) is 10.8. The van der Waals surface area contributed by atoms with Gasteiger partial charge in [-0.15, -0.1) is 0 Å². The second-order valence-electron chi connectivity index (χ2n) is 7.54. The first-order valence-corrected chi connectivity index (χ1v) is 10.3. The first-order valence-electron chi connectivity index (χ1n) is 10.3. The van der Waals surface area contributed by atoms with E-state index in [4.69, 9.17) is 16.1 Å². The average molecular weight is 448 g/mol. The van der Waals surface area contributed by atoms with Crippen molar-refractivity contribution in [3.8, 4) is 22.9 Å². The molecule has 9 heteroatoms. The number of pyridine rings is 2. The molecule has 0 radical (unpaired) electrons.